The highest BCUT2D eigenvalue weighted by Gasteiger charge is 2.29. The van der Waals surface area contributed by atoms with Crippen molar-refractivity contribution in [2.75, 3.05) is 20.3 Å². The summed E-state index contributed by atoms with van der Waals surface area (Å²) < 4.78 is 15.5. The number of thioether (sulfide) groups is 1. The second kappa shape index (κ2) is 12.7. The summed E-state index contributed by atoms with van der Waals surface area (Å²) >= 11 is 0.974. The van der Waals surface area contributed by atoms with E-state index in [2.05, 4.69) is 0 Å². The van der Waals surface area contributed by atoms with Crippen molar-refractivity contribution in [1.82, 2.24) is 0 Å². The van der Waals surface area contributed by atoms with Gasteiger partial charge in [0, 0.05) is 6.07 Å². The number of carbonyl (C=O) groups excluding carboxylic acids is 2. The first-order valence-corrected chi connectivity index (χ1v) is 11.2. The molecule has 0 unspecified atom stereocenters. The summed E-state index contributed by atoms with van der Waals surface area (Å²) in [6.07, 6.45) is 1.74. The molecule has 0 saturated carbocycles. The third-order valence-corrected chi connectivity index (χ3v) is 5.94. The maximum Gasteiger partial charge on any atom is 0.339 e. The lowest BCUT2D eigenvalue weighted by atomic mass is 10.1. The minimum Gasteiger partial charge on any atom is -0.497 e. The summed E-state index contributed by atoms with van der Waals surface area (Å²) in [5, 5.41) is 10.9. The minimum atomic E-state index is -0.713. The highest BCUT2D eigenvalue weighted by atomic mass is 32.2. The molecule has 2 aromatic rings. The zero-order valence-electron chi connectivity index (χ0n) is 18.4. The molecule has 0 aliphatic heterocycles. The summed E-state index contributed by atoms with van der Waals surface area (Å²) in [5.74, 6) is -0.397. The van der Waals surface area contributed by atoms with Crippen molar-refractivity contribution in [2.45, 2.75) is 43.3 Å². The quantitative estimate of drug-likeness (QED) is 0.192. The van der Waals surface area contributed by atoms with Crippen molar-refractivity contribution in [3.8, 4) is 5.75 Å². The van der Waals surface area contributed by atoms with Gasteiger partial charge < -0.3 is 14.2 Å². The third kappa shape index (κ3) is 6.98. The smallest absolute Gasteiger partial charge is 0.339 e. The molecule has 2 aromatic carbocycles. The Hall–Kier alpha value is -3.07. The molecule has 172 valence electrons. The van der Waals surface area contributed by atoms with Crippen molar-refractivity contribution in [2.24, 2.45) is 0 Å². The van der Waals surface area contributed by atoms with E-state index in [9.17, 15) is 19.7 Å². The molecule has 0 amide bonds. The lowest BCUT2D eigenvalue weighted by Crippen LogP contribution is -2.21. The fourth-order valence-electron chi connectivity index (χ4n) is 3.08. The van der Waals surface area contributed by atoms with E-state index in [1.165, 1.54) is 18.2 Å². The molecule has 0 spiro atoms. The molecule has 0 bridgehead atoms. The molecule has 0 aliphatic carbocycles. The van der Waals surface area contributed by atoms with Gasteiger partial charge in [0.1, 0.15) is 15.9 Å². The largest absolute Gasteiger partial charge is 0.497 e. The van der Waals surface area contributed by atoms with Crippen molar-refractivity contribution >= 4 is 29.4 Å². The van der Waals surface area contributed by atoms with Crippen LogP contribution in [0, 0.1) is 10.1 Å². The summed E-state index contributed by atoms with van der Waals surface area (Å²) in [4.78, 5) is 36.2. The Bertz CT molecular complexity index is 948. The van der Waals surface area contributed by atoms with E-state index < -0.39 is 22.1 Å². The van der Waals surface area contributed by atoms with Gasteiger partial charge in [0.2, 0.25) is 0 Å². The van der Waals surface area contributed by atoms with E-state index in [1.807, 2.05) is 24.3 Å². The molecule has 0 aromatic heterocycles. The Morgan fingerprint density at radius 3 is 2.47 bits per heavy atom. The van der Waals surface area contributed by atoms with Crippen LogP contribution in [-0.4, -0.2) is 42.4 Å². The fourth-order valence-corrected chi connectivity index (χ4v) is 4.36. The van der Waals surface area contributed by atoms with E-state index in [1.54, 1.807) is 21.0 Å². The van der Waals surface area contributed by atoms with E-state index >= 15 is 0 Å². The molecule has 0 fully saturated rings. The number of nitrogens with zero attached hydrogens (tertiary/aromatic N) is 1. The van der Waals surface area contributed by atoms with E-state index in [0.29, 0.717) is 19.3 Å². The van der Waals surface area contributed by atoms with Gasteiger partial charge in [-0.15, -0.1) is 11.8 Å². The first-order valence-electron chi connectivity index (χ1n) is 10.3. The SMILES string of the molecule is CCOC(=O)c1cccc([N+](=O)[O-])c1S[C@@H](CCCc1cccc(OC)c1)C(=O)OCC. The number of rotatable bonds is 12. The average Bonchev–Trinajstić information content (AvgIpc) is 2.78. The molecule has 0 radical (unpaired) electrons. The molecule has 0 aliphatic rings. The predicted molar refractivity (Wildman–Crippen MR) is 121 cm³/mol. The number of benzene rings is 2. The molecule has 1 atom stereocenters. The maximum absolute atomic E-state index is 12.6. The number of hydrogen-bond donors (Lipinski definition) is 0. The molecule has 0 saturated heterocycles. The topological polar surface area (TPSA) is 105 Å². The lowest BCUT2D eigenvalue weighted by Gasteiger charge is -2.17. The minimum absolute atomic E-state index is 0.0631. The van der Waals surface area contributed by atoms with Gasteiger partial charge in [-0.2, -0.15) is 0 Å². The van der Waals surface area contributed by atoms with E-state index in [0.717, 1.165) is 23.1 Å². The molecule has 0 heterocycles. The monoisotopic (exact) mass is 461 g/mol. The van der Waals surface area contributed by atoms with Crippen molar-refractivity contribution in [3.05, 3.63) is 63.7 Å². The number of esters is 2. The number of nitro groups is 1. The number of ether oxygens (including phenoxy) is 3. The number of hydrogen-bond acceptors (Lipinski definition) is 8. The Morgan fingerprint density at radius 1 is 1.09 bits per heavy atom. The van der Waals surface area contributed by atoms with Gasteiger partial charge >= 0.3 is 11.9 Å². The van der Waals surface area contributed by atoms with Crippen LogP contribution in [0.5, 0.6) is 5.75 Å². The fraction of sp³-hybridized carbons (Fsp3) is 0.391. The first-order chi connectivity index (χ1) is 15.4. The number of carbonyl (C=O) groups is 2. The van der Waals surface area contributed by atoms with Crippen molar-refractivity contribution < 1.29 is 28.7 Å². The van der Waals surface area contributed by atoms with Crippen LogP contribution >= 0.6 is 11.8 Å². The van der Waals surface area contributed by atoms with Gasteiger partial charge in [-0.1, -0.05) is 18.2 Å². The molecule has 32 heavy (non-hydrogen) atoms. The molecule has 9 heteroatoms. The number of nitro benzene ring substituents is 1. The average molecular weight is 462 g/mol. The van der Waals surface area contributed by atoms with Crippen LogP contribution in [-0.2, 0) is 20.7 Å². The second-order valence-corrected chi connectivity index (χ2v) is 7.95. The Morgan fingerprint density at radius 2 is 1.81 bits per heavy atom. The normalized spacial score (nSPS) is 11.5. The molecule has 2 rings (SSSR count). The summed E-state index contributed by atoms with van der Waals surface area (Å²) in [6, 6.07) is 11.8. The molecular weight excluding hydrogens is 434 g/mol. The second-order valence-electron chi connectivity index (χ2n) is 6.73. The summed E-state index contributed by atoms with van der Waals surface area (Å²) in [7, 11) is 1.60. The molecular formula is C23H27NO7S. The number of methoxy groups -OCH3 is 1. The van der Waals surface area contributed by atoms with Crippen LogP contribution < -0.4 is 4.74 Å². The lowest BCUT2D eigenvalue weighted by molar-refractivity contribution is -0.387. The van der Waals surface area contributed by atoms with E-state index in [4.69, 9.17) is 14.2 Å². The Labute approximate surface area is 191 Å². The zero-order valence-corrected chi connectivity index (χ0v) is 19.2. The standard InChI is InChI=1S/C23H27NO7S/c1-4-30-22(25)18-12-8-13-19(24(27)28)21(18)32-20(23(26)31-5-2)14-7-10-16-9-6-11-17(15-16)29-3/h6,8-9,11-13,15,20H,4-5,7,10,14H2,1-3H3/t20-/m0/s1. The summed E-state index contributed by atoms with van der Waals surface area (Å²) in [5.41, 5.74) is 0.866. The van der Waals surface area contributed by atoms with Gasteiger partial charge in [0.05, 0.1) is 30.8 Å². The maximum atomic E-state index is 12.6. The van der Waals surface area contributed by atoms with Crippen LogP contribution in [0.25, 0.3) is 0 Å². The first kappa shape index (κ1) is 25.2. The Kier molecular flexibility index (Phi) is 10.0. The van der Waals surface area contributed by atoms with Gasteiger partial charge in [-0.3, -0.25) is 14.9 Å². The Balaban J connectivity index is 2.26. The summed E-state index contributed by atoms with van der Waals surface area (Å²) in [6.45, 7) is 3.67. The molecule has 8 nitrogen and oxygen atoms in total. The zero-order chi connectivity index (χ0) is 23.5. The van der Waals surface area contributed by atoms with Crippen molar-refractivity contribution in [3.63, 3.8) is 0 Å². The molecule has 0 N–H and O–H groups in total. The van der Waals surface area contributed by atoms with Crippen molar-refractivity contribution in [1.29, 1.82) is 0 Å². The van der Waals surface area contributed by atoms with Gasteiger partial charge in [-0.05, 0) is 56.9 Å². The van der Waals surface area contributed by atoms with Crippen LogP contribution in [0.1, 0.15) is 42.6 Å². The van der Waals surface area contributed by atoms with E-state index in [-0.39, 0.29) is 29.4 Å². The van der Waals surface area contributed by atoms with Crippen LogP contribution in [0.4, 0.5) is 5.69 Å². The van der Waals surface area contributed by atoms with Crippen LogP contribution in [0.2, 0.25) is 0 Å². The highest BCUT2D eigenvalue weighted by Crippen LogP contribution is 2.37. The van der Waals surface area contributed by atoms with Gasteiger partial charge in [-0.25, -0.2) is 4.79 Å². The predicted octanol–water partition coefficient (Wildman–Crippen LogP) is 4.83. The van der Waals surface area contributed by atoms with Crippen LogP contribution in [0.15, 0.2) is 47.4 Å². The highest BCUT2D eigenvalue weighted by molar-refractivity contribution is 8.00. The van der Waals surface area contributed by atoms with Crippen LogP contribution in [0.3, 0.4) is 0 Å². The van der Waals surface area contributed by atoms with Gasteiger partial charge in [0.15, 0.2) is 0 Å². The van der Waals surface area contributed by atoms with Gasteiger partial charge in [0.25, 0.3) is 5.69 Å². The number of aryl methyl sites for hydroxylation is 1. The third-order valence-electron chi connectivity index (χ3n) is 4.56.